The van der Waals surface area contributed by atoms with Crippen LogP contribution in [0.15, 0.2) is 40.6 Å². The number of rotatable bonds is 4. The van der Waals surface area contributed by atoms with E-state index in [4.69, 9.17) is 0 Å². The molecule has 1 aliphatic heterocycles. The summed E-state index contributed by atoms with van der Waals surface area (Å²) in [6.07, 6.45) is 0.871. The molecule has 1 atom stereocenters. The van der Waals surface area contributed by atoms with Crippen molar-refractivity contribution >= 4 is 27.3 Å². The summed E-state index contributed by atoms with van der Waals surface area (Å²) in [6.45, 7) is 4.78. The van der Waals surface area contributed by atoms with E-state index in [1.807, 2.05) is 11.8 Å². The van der Waals surface area contributed by atoms with Crippen LogP contribution in [0.4, 0.5) is 0 Å². The Morgan fingerprint density at radius 2 is 2.00 bits per heavy atom. The zero-order chi connectivity index (χ0) is 17.3. The normalized spacial score (nSPS) is 17.6. The number of amides is 1. The molecule has 24 heavy (non-hydrogen) atoms. The predicted octanol–water partition coefficient (Wildman–Crippen LogP) is 2.81. The van der Waals surface area contributed by atoms with E-state index in [2.05, 4.69) is 16.2 Å². The van der Waals surface area contributed by atoms with Gasteiger partial charge in [-0.15, -0.1) is 11.3 Å². The molecule has 0 aliphatic carbocycles. The molecule has 0 bridgehead atoms. The molecule has 1 aromatic carbocycles. The van der Waals surface area contributed by atoms with Gasteiger partial charge in [0, 0.05) is 23.5 Å². The van der Waals surface area contributed by atoms with Gasteiger partial charge in [0.1, 0.15) is 0 Å². The molecular weight excluding hydrogens is 344 g/mol. The third kappa shape index (κ3) is 3.11. The van der Waals surface area contributed by atoms with Crippen molar-refractivity contribution in [2.24, 2.45) is 0 Å². The highest BCUT2D eigenvalue weighted by Crippen LogP contribution is 2.33. The van der Waals surface area contributed by atoms with Crippen molar-refractivity contribution in [2.45, 2.75) is 31.2 Å². The van der Waals surface area contributed by atoms with Gasteiger partial charge in [0.2, 0.25) is 10.0 Å². The molecule has 0 unspecified atom stereocenters. The lowest BCUT2D eigenvalue weighted by Gasteiger charge is -2.33. The molecule has 2 aromatic rings. The van der Waals surface area contributed by atoms with E-state index in [1.54, 1.807) is 30.4 Å². The van der Waals surface area contributed by atoms with Crippen LogP contribution in [-0.2, 0) is 16.4 Å². The first-order chi connectivity index (χ1) is 11.4. The third-order valence-electron chi connectivity index (χ3n) is 4.28. The molecule has 1 aliphatic rings. The Morgan fingerprint density at radius 1 is 1.29 bits per heavy atom. The van der Waals surface area contributed by atoms with Crippen molar-refractivity contribution in [1.29, 1.82) is 0 Å². The maximum Gasteiger partial charge on any atom is 0.254 e. The van der Waals surface area contributed by atoms with Crippen molar-refractivity contribution in [3.63, 3.8) is 0 Å². The van der Waals surface area contributed by atoms with E-state index < -0.39 is 10.0 Å². The van der Waals surface area contributed by atoms with E-state index in [1.165, 1.54) is 22.6 Å². The first-order valence-corrected chi connectivity index (χ1v) is 10.3. The Morgan fingerprint density at radius 3 is 2.67 bits per heavy atom. The summed E-state index contributed by atoms with van der Waals surface area (Å²) in [5.74, 6) is -0.0632. The molecule has 128 valence electrons. The summed E-state index contributed by atoms with van der Waals surface area (Å²) in [4.78, 5) is 16.2. The lowest BCUT2D eigenvalue weighted by Crippen LogP contribution is -2.38. The van der Waals surface area contributed by atoms with Gasteiger partial charge in [-0.1, -0.05) is 6.92 Å². The minimum absolute atomic E-state index is 0.0395. The number of fused-ring (bicyclic) bond motifs is 1. The summed E-state index contributed by atoms with van der Waals surface area (Å²) >= 11 is 1.74. The summed E-state index contributed by atoms with van der Waals surface area (Å²) in [7, 11) is -3.49. The van der Waals surface area contributed by atoms with Crippen LogP contribution in [0.2, 0.25) is 0 Å². The number of thiophene rings is 1. The molecular formula is C17H20N2O3S2. The first kappa shape index (κ1) is 17.1. The zero-order valence-corrected chi connectivity index (χ0v) is 15.3. The molecule has 3 rings (SSSR count). The van der Waals surface area contributed by atoms with E-state index in [0.29, 0.717) is 18.7 Å². The van der Waals surface area contributed by atoms with Crippen LogP contribution in [0.5, 0.6) is 0 Å². The van der Waals surface area contributed by atoms with Gasteiger partial charge in [-0.2, -0.15) is 0 Å². The second kappa shape index (κ2) is 6.66. The van der Waals surface area contributed by atoms with Crippen LogP contribution in [0.3, 0.4) is 0 Å². The lowest BCUT2D eigenvalue weighted by molar-refractivity contribution is 0.0679. The predicted molar refractivity (Wildman–Crippen MR) is 94.8 cm³/mol. The van der Waals surface area contributed by atoms with E-state index >= 15 is 0 Å². The number of benzene rings is 1. The van der Waals surface area contributed by atoms with Crippen molar-refractivity contribution in [3.05, 3.63) is 51.7 Å². The SMILES string of the molecule is CCNS(=O)(=O)c1ccc(C(=O)N2CCc3sccc3[C@H]2C)cc1. The van der Waals surface area contributed by atoms with Gasteiger partial charge in [0.05, 0.1) is 10.9 Å². The molecule has 1 aromatic heterocycles. The van der Waals surface area contributed by atoms with Gasteiger partial charge in [-0.25, -0.2) is 13.1 Å². The van der Waals surface area contributed by atoms with E-state index in [0.717, 1.165) is 6.42 Å². The number of nitrogens with one attached hydrogen (secondary N) is 1. The van der Waals surface area contributed by atoms with Gasteiger partial charge in [0.25, 0.3) is 5.91 Å². The Bertz CT molecular complexity index is 841. The number of hydrogen-bond acceptors (Lipinski definition) is 4. The van der Waals surface area contributed by atoms with Crippen LogP contribution in [0, 0.1) is 0 Å². The highest BCUT2D eigenvalue weighted by Gasteiger charge is 2.29. The topological polar surface area (TPSA) is 66.5 Å². The maximum atomic E-state index is 12.8. The molecule has 0 saturated carbocycles. The van der Waals surface area contributed by atoms with Crippen LogP contribution in [0.25, 0.3) is 0 Å². The van der Waals surface area contributed by atoms with Gasteiger partial charge in [-0.05, 0) is 54.6 Å². The van der Waals surface area contributed by atoms with Crippen LogP contribution in [0.1, 0.15) is 40.7 Å². The zero-order valence-electron chi connectivity index (χ0n) is 13.7. The Kier molecular flexibility index (Phi) is 4.76. The smallest absolute Gasteiger partial charge is 0.254 e. The number of sulfonamides is 1. The molecule has 0 spiro atoms. The number of nitrogens with zero attached hydrogens (tertiary/aromatic N) is 1. The van der Waals surface area contributed by atoms with Crippen LogP contribution < -0.4 is 4.72 Å². The molecule has 1 N–H and O–H groups in total. The number of carbonyl (C=O) groups excluding carboxylic acids is 1. The Balaban J connectivity index is 1.81. The fraction of sp³-hybridized carbons (Fsp3) is 0.353. The fourth-order valence-corrected chi connectivity index (χ4v) is 5.01. The Labute approximate surface area is 146 Å². The molecule has 0 saturated heterocycles. The van der Waals surface area contributed by atoms with Gasteiger partial charge in [-0.3, -0.25) is 4.79 Å². The summed E-state index contributed by atoms with van der Waals surface area (Å²) in [5, 5.41) is 2.07. The second-order valence-electron chi connectivity index (χ2n) is 5.75. The average Bonchev–Trinajstić information content (AvgIpc) is 3.04. The van der Waals surface area contributed by atoms with Gasteiger partial charge < -0.3 is 4.90 Å². The van der Waals surface area contributed by atoms with E-state index in [9.17, 15) is 13.2 Å². The van der Waals surface area contributed by atoms with Crippen molar-refractivity contribution in [2.75, 3.05) is 13.1 Å². The highest BCUT2D eigenvalue weighted by atomic mass is 32.2. The lowest BCUT2D eigenvalue weighted by atomic mass is 10.0. The quantitative estimate of drug-likeness (QED) is 0.907. The average molecular weight is 364 g/mol. The minimum atomic E-state index is -3.49. The van der Waals surface area contributed by atoms with E-state index in [-0.39, 0.29) is 16.8 Å². The molecule has 1 amide bonds. The minimum Gasteiger partial charge on any atom is -0.331 e. The largest absolute Gasteiger partial charge is 0.331 e. The second-order valence-corrected chi connectivity index (χ2v) is 8.52. The molecule has 0 radical (unpaired) electrons. The van der Waals surface area contributed by atoms with Crippen molar-refractivity contribution in [3.8, 4) is 0 Å². The van der Waals surface area contributed by atoms with Crippen molar-refractivity contribution in [1.82, 2.24) is 9.62 Å². The van der Waals surface area contributed by atoms with Gasteiger partial charge in [0.15, 0.2) is 0 Å². The number of hydrogen-bond donors (Lipinski definition) is 1. The van der Waals surface area contributed by atoms with Crippen LogP contribution >= 0.6 is 11.3 Å². The highest BCUT2D eigenvalue weighted by molar-refractivity contribution is 7.89. The molecule has 5 nitrogen and oxygen atoms in total. The molecule has 2 heterocycles. The summed E-state index contributed by atoms with van der Waals surface area (Å²) < 4.78 is 26.4. The molecule has 0 fully saturated rings. The van der Waals surface area contributed by atoms with Crippen LogP contribution in [-0.4, -0.2) is 32.3 Å². The standard InChI is InChI=1S/C17H20N2O3S2/c1-3-18-24(21,22)14-6-4-13(5-7-14)17(20)19-10-8-16-15(12(19)2)9-11-23-16/h4-7,9,11-12,18H,3,8,10H2,1-2H3/t12-/m1/s1. The van der Waals surface area contributed by atoms with Crippen molar-refractivity contribution < 1.29 is 13.2 Å². The first-order valence-electron chi connectivity index (χ1n) is 7.91. The van der Waals surface area contributed by atoms with Gasteiger partial charge >= 0.3 is 0 Å². The Hall–Kier alpha value is -1.70. The molecule has 7 heteroatoms. The summed E-state index contributed by atoms with van der Waals surface area (Å²) in [6, 6.07) is 8.25. The maximum absolute atomic E-state index is 12.8. The summed E-state index contributed by atoms with van der Waals surface area (Å²) in [5.41, 5.74) is 1.72. The fourth-order valence-electron chi connectivity index (χ4n) is 3.00. The monoisotopic (exact) mass is 364 g/mol. The third-order valence-corrected chi connectivity index (χ3v) is 6.84. The number of carbonyl (C=O) groups is 1.